The zero-order chi connectivity index (χ0) is 31.3. The first-order valence-electron chi connectivity index (χ1n) is 16.9. The smallest absolute Gasteiger partial charge is 0.233 e. The van der Waals surface area contributed by atoms with Crippen LogP contribution in [0.25, 0.3) is 49.7 Å². The normalized spacial score (nSPS) is 19.1. The van der Waals surface area contributed by atoms with Crippen LogP contribution in [0.1, 0.15) is 62.1 Å². The fraction of sp³-hybridized carbons (Fsp3) is 0.214. The van der Waals surface area contributed by atoms with Crippen LogP contribution in [0.3, 0.4) is 0 Å². The van der Waals surface area contributed by atoms with E-state index in [1.807, 2.05) is 0 Å². The van der Waals surface area contributed by atoms with Gasteiger partial charge in [0, 0.05) is 39.5 Å². The lowest BCUT2D eigenvalue weighted by atomic mass is 9.82. The Hall–Kier alpha value is -5.29. The summed E-state index contributed by atoms with van der Waals surface area (Å²) < 4.78 is 2.43. The van der Waals surface area contributed by atoms with Crippen LogP contribution in [-0.4, -0.2) is 25.6 Å². The van der Waals surface area contributed by atoms with E-state index < -0.39 is 0 Å². The van der Waals surface area contributed by atoms with Crippen LogP contribution in [0, 0.1) is 0 Å². The van der Waals surface area contributed by atoms with E-state index in [0.29, 0.717) is 12.0 Å². The molecule has 0 bridgehead atoms. The van der Waals surface area contributed by atoms with Crippen molar-refractivity contribution in [3.8, 4) is 27.9 Å². The molecular weight excluding hydrogens is 574 g/mol. The van der Waals surface area contributed by atoms with Gasteiger partial charge >= 0.3 is 0 Å². The van der Waals surface area contributed by atoms with Crippen molar-refractivity contribution in [3.05, 3.63) is 132 Å². The lowest BCUT2D eigenvalue weighted by Gasteiger charge is -2.31. The Morgan fingerprint density at radius 2 is 1.40 bits per heavy atom. The van der Waals surface area contributed by atoms with Gasteiger partial charge in [-0.2, -0.15) is 0 Å². The molecule has 5 heteroatoms. The van der Waals surface area contributed by atoms with E-state index >= 15 is 0 Å². The van der Waals surface area contributed by atoms with E-state index in [1.165, 1.54) is 85.7 Å². The number of hydrogen-bond donors (Lipinski definition) is 0. The highest BCUT2D eigenvalue weighted by Crippen LogP contribution is 2.53. The molecule has 0 N–H and O–H groups in total. The van der Waals surface area contributed by atoms with Crippen molar-refractivity contribution < 1.29 is 0 Å². The van der Waals surface area contributed by atoms with E-state index in [2.05, 4.69) is 141 Å². The maximum absolute atomic E-state index is 4.63. The van der Waals surface area contributed by atoms with Gasteiger partial charge in [-0.25, -0.2) is 15.0 Å². The largest absolute Gasteiger partial charge is 0.309 e. The van der Waals surface area contributed by atoms with Crippen LogP contribution in [-0.2, 0) is 5.41 Å². The third-order valence-corrected chi connectivity index (χ3v) is 11.3. The van der Waals surface area contributed by atoms with Gasteiger partial charge < -0.3 is 9.47 Å². The SMILES string of the molecule is CC1(C)c2ccccc2-c2cc(-c3ccc(-n4c5ccccc5c5cc6c(cc54)N(c4ncncn4)C4CCCCC64)cc3)ccc21. The molecule has 2 unspecified atom stereocenters. The number of hydrogen-bond acceptors (Lipinski definition) is 4. The molecule has 0 radical (unpaired) electrons. The highest BCUT2D eigenvalue weighted by atomic mass is 15.3. The van der Waals surface area contributed by atoms with Gasteiger partial charge in [-0.15, -0.1) is 0 Å². The summed E-state index contributed by atoms with van der Waals surface area (Å²) in [4.78, 5) is 15.8. The topological polar surface area (TPSA) is 46.8 Å². The van der Waals surface area contributed by atoms with E-state index in [4.69, 9.17) is 0 Å². The molecule has 5 nitrogen and oxygen atoms in total. The molecule has 1 aliphatic heterocycles. The fourth-order valence-electron chi connectivity index (χ4n) is 9.08. The predicted octanol–water partition coefficient (Wildman–Crippen LogP) is 10.1. The van der Waals surface area contributed by atoms with Crippen molar-refractivity contribution in [3.63, 3.8) is 0 Å². The molecule has 2 aromatic heterocycles. The third-order valence-electron chi connectivity index (χ3n) is 11.3. The van der Waals surface area contributed by atoms with E-state index in [9.17, 15) is 0 Å². The number of nitrogens with zero attached hydrogens (tertiary/aromatic N) is 5. The zero-order valence-corrected chi connectivity index (χ0v) is 26.7. The molecule has 10 rings (SSSR count). The molecule has 228 valence electrons. The van der Waals surface area contributed by atoms with E-state index in [1.54, 1.807) is 12.7 Å². The second-order valence-corrected chi connectivity index (χ2v) is 14.0. The molecule has 0 saturated heterocycles. The lowest BCUT2D eigenvalue weighted by molar-refractivity contribution is 0.400. The number of fused-ring (bicyclic) bond motifs is 9. The Bertz CT molecular complexity index is 2350. The van der Waals surface area contributed by atoms with Crippen molar-refractivity contribution in [1.82, 2.24) is 19.5 Å². The van der Waals surface area contributed by atoms with Crippen LogP contribution < -0.4 is 4.90 Å². The summed E-state index contributed by atoms with van der Waals surface area (Å²) in [6.07, 6.45) is 8.12. The first-order chi connectivity index (χ1) is 23.1. The van der Waals surface area contributed by atoms with Gasteiger partial charge in [-0.1, -0.05) is 93.4 Å². The monoisotopic (exact) mass is 609 g/mol. The molecule has 1 saturated carbocycles. The summed E-state index contributed by atoms with van der Waals surface area (Å²) in [6, 6.07) is 39.1. The van der Waals surface area contributed by atoms with Gasteiger partial charge in [0.2, 0.25) is 5.95 Å². The van der Waals surface area contributed by atoms with Crippen LogP contribution in [0.4, 0.5) is 11.6 Å². The second kappa shape index (κ2) is 9.85. The average molecular weight is 610 g/mol. The van der Waals surface area contributed by atoms with Crippen LogP contribution >= 0.6 is 0 Å². The van der Waals surface area contributed by atoms with Crippen LogP contribution in [0.15, 0.2) is 116 Å². The van der Waals surface area contributed by atoms with Crippen molar-refractivity contribution in [2.75, 3.05) is 4.90 Å². The number of aromatic nitrogens is 4. The van der Waals surface area contributed by atoms with Gasteiger partial charge in [0.05, 0.1) is 11.0 Å². The van der Waals surface area contributed by atoms with E-state index in [0.717, 1.165) is 18.1 Å². The van der Waals surface area contributed by atoms with Crippen molar-refractivity contribution in [2.24, 2.45) is 0 Å². The molecule has 3 heterocycles. The number of rotatable bonds is 3. The summed E-state index contributed by atoms with van der Waals surface area (Å²) in [7, 11) is 0. The fourth-order valence-corrected chi connectivity index (χ4v) is 9.08. The second-order valence-electron chi connectivity index (χ2n) is 14.0. The number of benzene rings is 5. The standard InChI is InChI=1S/C42H35N5/c1-42(2)35-12-6-3-9-29(35)32-21-27(17-20-36(32)42)26-15-18-28(19-16-26)46-37-13-7-4-10-30(37)33-22-34-31-11-5-8-14-38(31)47(40(34)23-39(33)46)41-44-24-43-25-45-41/h3-4,6-7,9-10,12-13,15-25,31,38H,5,8,11,14H2,1-2H3. The maximum Gasteiger partial charge on any atom is 0.233 e. The molecule has 0 amide bonds. The molecule has 3 aliphatic rings. The Kier molecular flexibility index (Phi) is 5.64. The molecule has 7 aromatic rings. The summed E-state index contributed by atoms with van der Waals surface area (Å²) in [6.45, 7) is 4.68. The minimum absolute atomic E-state index is 0.0158. The summed E-state index contributed by atoms with van der Waals surface area (Å²) in [5.41, 5.74) is 14.3. The van der Waals surface area contributed by atoms with Gasteiger partial charge in [-0.05, 0) is 88.2 Å². The Morgan fingerprint density at radius 3 is 2.28 bits per heavy atom. The summed E-state index contributed by atoms with van der Waals surface area (Å²) in [5.74, 6) is 1.24. The molecular formula is C42H35N5. The Morgan fingerprint density at radius 1 is 0.660 bits per heavy atom. The summed E-state index contributed by atoms with van der Waals surface area (Å²) >= 11 is 0. The van der Waals surface area contributed by atoms with Crippen molar-refractivity contribution in [1.29, 1.82) is 0 Å². The Balaban J connectivity index is 1.11. The lowest BCUT2D eigenvalue weighted by Crippen LogP contribution is -2.33. The highest BCUT2D eigenvalue weighted by Gasteiger charge is 2.42. The quantitative estimate of drug-likeness (QED) is 0.200. The van der Waals surface area contributed by atoms with Gasteiger partial charge in [0.15, 0.2) is 0 Å². The molecule has 5 aromatic carbocycles. The molecule has 1 fully saturated rings. The Labute approximate surface area is 274 Å². The molecule has 0 spiro atoms. The van der Waals surface area contributed by atoms with Crippen molar-refractivity contribution in [2.45, 2.75) is 56.9 Å². The van der Waals surface area contributed by atoms with Crippen LogP contribution in [0.5, 0.6) is 0 Å². The van der Waals surface area contributed by atoms with Gasteiger partial charge in [0.1, 0.15) is 12.7 Å². The number of para-hydroxylation sites is 1. The number of anilines is 2. The first-order valence-corrected chi connectivity index (χ1v) is 16.9. The van der Waals surface area contributed by atoms with Gasteiger partial charge in [0.25, 0.3) is 0 Å². The minimum atomic E-state index is 0.0158. The average Bonchev–Trinajstić information content (AvgIpc) is 3.70. The zero-order valence-electron chi connectivity index (χ0n) is 26.7. The van der Waals surface area contributed by atoms with Gasteiger partial charge in [-0.3, -0.25) is 0 Å². The maximum atomic E-state index is 4.63. The van der Waals surface area contributed by atoms with Crippen LogP contribution in [0.2, 0.25) is 0 Å². The third kappa shape index (κ3) is 3.80. The molecule has 47 heavy (non-hydrogen) atoms. The van der Waals surface area contributed by atoms with E-state index in [-0.39, 0.29) is 5.41 Å². The highest BCUT2D eigenvalue weighted by molar-refractivity contribution is 6.11. The first kappa shape index (κ1) is 26.9. The minimum Gasteiger partial charge on any atom is -0.309 e. The predicted molar refractivity (Wildman–Crippen MR) is 191 cm³/mol. The molecule has 2 atom stereocenters. The summed E-state index contributed by atoms with van der Waals surface area (Å²) in [5, 5.41) is 2.60. The van der Waals surface area contributed by atoms with Crippen molar-refractivity contribution >= 4 is 33.4 Å². The molecule has 2 aliphatic carbocycles.